The summed E-state index contributed by atoms with van der Waals surface area (Å²) in [6.45, 7) is 0.606. The van der Waals surface area contributed by atoms with Crippen molar-refractivity contribution in [2.75, 3.05) is 26.7 Å². The number of para-hydroxylation sites is 3. The van der Waals surface area contributed by atoms with Gasteiger partial charge in [0, 0.05) is 12.6 Å². The van der Waals surface area contributed by atoms with Gasteiger partial charge in [0.15, 0.2) is 17.6 Å². The second-order valence-corrected chi connectivity index (χ2v) is 7.39. The number of fused-ring (bicyclic) bond motifs is 1. The van der Waals surface area contributed by atoms with E-state index in [0.717, 1.165) is 0 Å². The largest absolute Gasteiger partial charge is 0.486 e. The lowest BCUT2D eigenvalue weighted by molar-refractivity contribution is -0.130. The number of benzene rings is 3. The van der Waals surface area contributed by atoms with Gasteiger partial charge in [0.05, 0.1) is 13.1 Å². The maximum atomic E-state index is 12.5. The molecule has 0 aromatic heterocycles. The number of ether oxygens (including phenoxy) is 3. The Kier molecular flexibility index (Phi) is 6.55. The van der Waals surface area contributed by atoms with E-state index in [9.17, 15) is 9.59 Å². The zero-order valence-corrected chi connectivity index (χ0v) is 17.7. The summed E-state index contributed by atoms with van der Waals surface area (Å²) in [6.07, 6.45) is -0.272. The number of nitrogens with zero attached hydrogens (tertiary/aromatic N) is 1. The summed E-state index contributed by atoms with van der Waals surface area (Å²) in [4.78, 5) is 26.4. The van der Waals surface area contributed by atoms with Crippen molar-refractivity contribution in [1.82, 2.24) is 10.2 Å². The van der Waals surface area contributed by atoms with Crippen molar-refractivity contribution in [3.63, 3.8) is 0 Å². The van der Waals surface area contributed by atoms with E-state index in [4.69, 9.17) is 14.2 Å². The van der Waals surface area contributed by atoms with E-state index >= 15 is 0 Å². The first kappa shape index (κ1) is 21.2. The zero-order valence-electron chi connectivity index (χ0n) is 17.7. The molecule has 3 aromatic carbocycles. The van der Waals surface area contributed by atoms with Gasteiger partial charge in [-0.3, -0.25) is 9.59 Å². The lowest BCUT2D eigenvalue weighted by Crippen LogP contribution is -2.45. The molecule has 1 N–H and O–H groups in total. The fraction of sp³-hybridized carbons (Fsp3) is 0.200. The number of likely N-dealkylation sites (N-methyl/N-ethyl adjacent to an activating group) is 1. The van der Waals surface area contributed by atoms with Gasteiger partial charge in [-0.25, -0.2) is 0 Å². The molecule has 0 radical (unpaired) electrons. The molecular weight excluding hydrogens is 408 g/mol. The van der Waals surface area contributed by atoms with Crippen LogP contribution in [0, 0.1) is 0 Å². The molecule has 0 saturated carbocycles. The molecule has 0 fully saturated rings. The van der Waals surface area contributed by atoms with Crippen LogP contribution in [-0.2, 0) is 4.79 Å². The van der Waals surface area contributed by atoms with Crippen LogP contribution < -0.4 is 19.5 Å². The normalized spacial score (nSPS) is 14.3. The Balaban J connectivity index is 1.24. The van der Waals surface area contributed by atoms with Crippen LogP contribution in [0.25, 0.3) is 0 Å². The highest BCUT2D eigenvalue weighted by atomic mass is 16.6. The highest BCUT2D eigenvalue weighted by molar-refractivity contribution is 5.96. The first-order chi connectivity index (χ1) is 15.6. The minimum Gasteiger partial charge on any atom is -0.486 e. The number of hydrogen-bond donors (Lipinski definition) is 1. The van der Waals surface area contributed by atoms with Gasteiger partial charge in [0.1, 0.15) is 18.1 Å². The molecule has 0 unspecified atom stereocenters. The molecule has 7 heteroatoms. The van der Waals surface area contributed by atoms with Crippen molar-refractivity contribution in [1.29, 1.82) is 0 Å². The third kappa shape index (κ3) is 5.37. The number of hydrogen-bond acceptors (Lipinski definition) is 5. The van der Waals surface area contributed by atoms with Gasteiger partial charge in [0.25, 0.3) is 5.91 Å². The van der Waals surface area contributed by atoms with E-state index in [1.54, 1.807) is 31.3 Å². The first-order valence-corrected chi connectivity index (χ1v) is 10.3. The second-order valence-electron chi connectivity index (χ2n) is 7.39. The van der Waals surface area contributed by atoms with Gasteiger partial charge in [-0.05, 0) is 48.5 Å². The van der Waals surface area contributed by atoms with Crippen LogP contribution in [0.15, 0.2) is 78.9 Å². The SMILES string of the molecule is CN(C[C@@H]1COc2ccccc2O1)C(=O)CNC(=O)c1ccc(Oc2ccccc2)cc1. The second kappa shape index (κ2) is 9.87. The van der Waals surface area contributed by atoms with E-state index in [1.807, 2.05) is 54.6 Å². The molecule has 1 heterocycles. The van der Waals surface area contributed by atoms with Crippen molar-refractivity contribution < 1.29 is 23.8 Å². The number of rotatable bonds is 7. The Bertz CT molecular complexity index is 1070. The van der Waals surface area contributed by atoms with Crippen LogP contribution in [0.4, 0.5) is 0 Å². The van der Waals surface area contributed by atoms with Crippen LogP contribution >= 0.6 is 0 Å². The fourth-order valence-corrected chi connectivity index (χ4v) is 3.25. The Morgan fingerprint density at radius 1 is 0.938 bits per heavy atom. The van der Waals surface area contributed by atoms with Crippen LogP contribution in [0.1, 0.15) is 10.4 Å². The maximum absolute atomic E-state index is 12.5. The van der Waals surface area contributed by atoms with Gasteiger partial charge < -0.3 is 24.4 Å². The quantitative estimate of drug-likeness (QED) is 0.618. The summed E-state index contributed by atoms with van der Waals surface area (Å²) in [5.41, 5.74) is 0.446. The van der Waals surface area contributed by atoms with Crippen LogP contribution in [0.2, 0.25) is 0 Å². The van der Waals surface area contributed by atoms with E-state index in [-0.39, 0.29) is 24.5 Å². The summed E-state index contributed by atoms with van der Waals surface area (Å²) in [7, 11) is 1.67. The Hall–Kier alpha value is -4.00. The molecule has 0 bridgehead atoms. The van der Waals surface area contributed by atoms with Gasteiger partial charge in [-0.1, -0.05) is 30.3 Å². The average molecular weight is 432 g/mol. The summed E-state index contributed by atoms with van der Waals surface area (Å²) in [5.74, 6) is 2.16. The predicted octanol–water partition coefficient (Wildman–Crippen LogP) is 3.51. The van der Waals surface area contributed by atoms with Crippen LogP contribution in [-0.4, -0.2) is 49.6 Å². The van der Waals surface area contributed by atoms with Crippen molar-refractivity contribution in [2.24, 2.45) is 0 Å². The van der Waals surface area contributed by atoms with E-state index in [1.165, 1.54) is 4.90 Å². The molecule has 7 nitrogen and oxygen atoms in total. The van der Waals surface area contributed by atoms with Crippen molar-refractivity contribution >= 4 is 11.8 Å². The van der Waals surface area contributed by atoms with Crippen LogP contribution in [0.3, 0.4) is 0 Å². The summed E-state index contributed by atoms with van der Waals surface area (Å²) in [6, 6.07) is 23.6. The molecule has 2 amide bonds. The molecule has 3 aromatic rings. The lowest BCUT2D eigenvalue weighted by atomic mass is 10.2. The molecule has 0 saturated heterocycles. The van der Waals surface area contributed by atoms with Gasteiger partial charge >= 0.3 is 0 Å². The van der Waals surface area contributed by atoms with Crippen molar-refractivity contribution in [3.8, 4) is 23.0 Å². The maximum Gasteiger partial charge on any atom is 0.251 e. The summed E-state index contributed by atoms with van der Waals surface area (Å²) < 4.78 is 17.3. The fourth-order valence-electron chi connectivity index (χ4n) is 3.25. The lowest BCUT2D eigenvalue weighted by Gasteiger charge is -2.29. The van der Waals surface area contributed by atoms with Gasteiger partial charge in [-0.15, -0.1) is 0 Å². The monoisotopic (exact) mass is 432 g/mol. The third-order valence-electron chi connectivity index (χ3n) is 4.97. The minimum atomic E-state index is -0.329. The minimum absolute atomic E-state index is 0.109. The van der Waals surface area contributed by atoms with Crippen molar-refractivity contribution in [2.45, 2.75) is 6.10 Å². The van der Waals surface area contributed by atoms with Gasteiger partial charge in [-0.2, -0.15) is 0 Å². The highest BCUT2D eigenvalue weighted by Gasteiger charge is 2.23. The number of carbonyl (C=O) groups is 2. The van der Waals surface area contributed by atoms with Crippen molar-refractivity contribution in [3.05, 3.63) is 84.4 Å². The van der Waals surface area contributed by atoms with E-state index in [0.29, 0.717) is 41.7 Å². The Labute approximate surface area is 186 Å². The first-order valence-electron chi connectivity index (χ1n) is 10.3. The summed E-state index contributed by atoms with van der Waals surface area (Å²) >= 11 is 0. The molecular formula is C25H24N2O5. The number of amides is 2. The molecule has 0 spiro atoms. The van der Waals surface area contributed by atoms with Gasteiger partial charge in [0.2, 0.25) is 5.91 Å². The van der Waals surface area contributed by atoms with E-state index < -0.39 is 0 Å². The average Bonchev–Trinajstić information content (AvgIpc) is 2.83. The molecule has 0 aliphatic carbocycles. The third-order valence-corrected chi connectivity index (χ3v) is 4.97. The molecule has 1 aliphatic heterocycles. The highest BCUT2D eigenvalue weighted by Crippen LogP contribution is 2.31. The molecule has 4 rings (SSSR count). The predicted molar refractivity (Wildman–Crippen MR) is 119 cm³/mol. The molecule has 1 aliphatic rings. The Morgan fingerprint density at radius 2 is 1.59 bits per heavy atom. The molecule has 32 heavy (non-hydrogen) atoms. The smallest absolute Gasteiger partial charge is 0.251 e. The summed E-state index contributed by atoms with van der Waals surface area (Å²) in [5, 5.41) is 2.66. The number of nitrogens with one attached hydrogen (secondary N) is 1. The Morgan fingerprint density at radius 3 is 2.34 bits per heavy atom. The molecule has 164 valence electrons. The zero-order chi connectivity index (χ0) is 22.3. The van der Waals surface area contributed by atoms with E-state index in [2.05, 4.69) is 5.32 Å². The molecule has 1 atom stereocenters. The topological polar surface area (TPSA) is 77.1 Å². The number of carbonyl (C=O) groups excluding carboxylic acids is 2. The van der Waals surface area contributed by atoms with Crippen LogP contribution in [0.5, 0.6) is 23.0 Å². The standard InChI is InChI=1S/C25H24N2O5/c1-27(16-21-17-30-22-9-5-6-10-23(22)32-21)24(28)15-26-25(29)18-11-13-20(14-12-18)31-19-7-3-2-4-8-19/h2-14,21H,15-17H2,1H3,(H,26,29)/t21-/m1/s1.